The molecule has 1 saturated heterocycles. The molecule has 3 aromatic rings. The molecule has 232 valence electrons. The molecule has 0 unspecified atom stereocenters. The van der Waals surface area contributed by atoms with Crippen LogP contribution < -0.4 is 14.5 Å². The summed E-state index contributed by atoms with van der Waals surface area (Å²) in [5, 5.41) is 12.0. The molecule has 0 aliphatic carbocycles. The highest BCUT2D eigenvalue weighted by Gasteiger charge is 2.27. The molecule has 0 bridgehead atoms. The molecule has 3 aromatic carbocycles. The van der Waals surface area contributed by atoms with Gasteiger partial charge in [0, 0.05) is 58.3 Å². The van der Waals surface area contributed by atoms with Gasteiger partial charge in [-0.25, -0.2) is 0 Å². The first-order chi connectivity index (χ1) is 21.2. The van der Waals surface area contributed by atoms with Gasteiger partial charge < -0.3 is 24.3 Å². The normalized spacial score (nSPS) is 13.3. The van der Waals surface area contributed by atoms with Crippen molar-refractivity contribution in [2.45, 2.75) is 25.7 Å². The van der Waals surface area contributed by atoms with Crippen LogP contribution in [0.2, 0.25) is 0 Å². The van der Waals surface area contributed by atoms with Crippen LogP contribution in [0.25, 0.3) is 0 Å². The number of nitrogens with zero attached hydrogens (tertiary/aromatic N) is 5. The highest BCUT2D eigenvalue weighted by molar-refractivity contribution is 6.10. The van der Waals surface area contributed by atoms with Gasteiger partial charge in [0.2, 0.25) is 5.91 Å². The summed E-state index contributed by atoms with van der Waals surface area (Å²) in [5.74, 6) is -0.243. The van der Waals surface area contributed by atoms with Crippen LogP contribution in [0, 0.1) is 10.1 Å². The number of nitro benzene ring substituents is 1. The zero-order valence-electron chi connectivity index (χ0n) is 25.5. The minimum atomic E-state index is -0.623. The number of para-hydroxylation sites is 2. The van der Waals surface area contributed by atoms with Crippen LogP contribution in [0.15, 0.2) is 72.8 Å². The van der Waals surface area contributed by atoms with E-state index in [-0.39, 0.29) is 17.4 Å². The van der Waals surface area contributed by atoms with Gasteiger partial charge in [0.15, 0.2) is 0 Å². The van der Waals surface area contributed by atoms with Crippen LogP contribution in [-0.2, 0) is 4.79 Å². The summed E-state index contributed by atoms with van der Waals surface area (Å²) < 4.78 is 6.00. The van der Waals surface area contributed by atoms with Crippen molar-refractivity contribution in [2.24, 2.45) is 0 Å². The lowest BCUT2D eigenvalue weighted by molar-refractivity contribution is -0.385. The number of rotatable bonds is 12. The molecule has 0 atom stereocenters. The van der Waals surface area contributed by atoms with Gasteiger partial charge >= 0.3 is 0 Å². The quantitative estimate of drug-likeness (QED) is 0.165. The van der Waals surface area contributed by atoms with Gasteiger partial charge in [-0.05, 0) is 62.7 Å². The smallest absolute Gasteiger partial charge is 0.284 e. The summed E-state index contributed by atoms with van der Waals surface area (Å²) >= 11 is 0. The summed E-state index contributed by atoms with van der Waals surface area (Å²) in [7, 11) is 5.13. The molecule has 0 aromatic heterocycles. The summed E-state index contributed by atoms with van der Waals surface area (Å²) in [6.45, 7) is 3.77. The number of anilines is 2. The third-order valence-corrected chi connectivity index (χ3v) is 7.80. The molecule has 0 spiro atoms. The van der Waals surface area contributed by atoms with Gasteiger partial charge in [0.05, 0.1) is 22.9 Å². The lowest BCUT2D eigenvalue weighted by atomic mass is 10.1. The van der Waals surface area contributed by atoms with Gasteiger partial charge in [-0.2, -0.15) is 0 Å². The van der Waals surface area contributed by atoms with Crippen LogP contribution in [0.3, 0.4) is 0 Å². The molecule has 1 heterocycles. The Morgan fingerprint density at radius 1 is 0.841 bits per heavy atom. The van der Waals surface area contributed by atoms with Crippen molar-refractivity contribution < 1.29 is 24.0 Å². The molecule has 1 fully saturated rings. The Balaban J connectivity index is 1.36. The number of carbonyl (C=O) groups excluding carboxylic acids is 3. The molecule has 11 heteroatoms. The first-order valence-electron chi connectivity index (χ1n) is 14.7. The lowest BCUT2D eigenvalue weighted by Gasteiger charge is -2.32. The van der Waals surface area contributed by atoms with Crippen molar-refractivity contribution in [3.8, 4) is 5.75 Å². The van der Waals surface area contributed by atoms with Gasteiger partial charge in [-0.15, -0.1) is 0 Å². The Bertz CT molecular complexity index is 1470. The van der Waals surface area contributed by atoms with Crippen LogP contribution in [-0.4, -0.2) is 86.4 Å². The number of benzene rings is 3. The number of piperazine rings is 1. The fourth-order valence-corrected chi connectivity index (χ4v) is 5.05. The number of unbranched alkanes of at least 4 members (excludes halogenated alkanes) is 2. The highest BCUT2D eigenvalue weighted by atomic mass is 16.6. The maximum Gasteiger partial charge on any atom is 0.284 e. The predicted octanol–water partition coefficient (Wildman–Crippen LogP) is 4.86. The average Bonchev–Trinajstić information content (AvgIpc) is 3.05. The number of ether oxygens (including phenoxy) is 1. The van der Waals surface area contributed by atoms with Crippen molar-refractivity contribution in [2.75, 3.05) is 63.7 Å². The van der Waals surface area contributed by atoms with Crippen LogP contribution in [0.1, 0.15) is 46.4 Å². The van der Waals surface area contributed by atoms with E-state index in [0.29, 0.717) is 35.7 Å². The molecular formula is C33H39N5O6. The monoisotopic (exact) mass is 601 g/mol. The third-order valence-electron chi connectivity index (χ3n) is 7.80. The Hall–Kier alpha value is -4.77. The molecule has 4 rings (SSSR count). The average molecular weight is 602 g/mol. The second kappa shape index (κ2) is 15.1. The first-order valence-corrected chi connectivity index (χ1v) is 14.7. The summed E-state index contributed by atoms with van der Waals surface area (Å²) in [6, 6.07) is 19.7. The zero-order chi connectivity index (χ0) is 31.6. The third kappa shape index (κ3) is 7.99. The Morgan fingerprint density at radius 3 is 2.23 bits per heavy atom. The van der Waals surface area contributed by atoms with Crippen molar-refractivity contribution in [3.05, 3.63) is 94.0 Å². The second-order valence-corrected chi connectivity index (χ2v) is 10.9. The maximum atomic E-state index is 13.5. The number of nitro groups is 1. The van der Waals surface area contributed by atoms with E-state index in [1.807, 2.05) is 4.90 Å². The van der Waals surface area contributed by atoms with E-state index < -0.39 is 16.5 Å². The van der Waals surface area contributed by atoms with E-state index >= 15 is 0 Å². The number of hydrogen-bond donors (Lipinski definition) is 0. The standard InChI is InChI=1S/C33H39N5O6/c1-34-19-21-37(22-20-34)31(39)16-8-5-11-23-44-30-15-10-9-14-28(30)36(3)33(41)27-18-17-26(24-29(27)38(42)43)35(2)32(40)25-12-6-4-7-13-25/h4,6-7,9-10,12-15,17-18,24H,5,8,11,16,19-23H2,1-3H3. The first kappa shape index (κ1) is 32.2. The SMILES string of the molecule is CN1CCN(C(=O)CCCCCOc2ccccc2N(C)C(=O)c2ccc(N(C)C(=O)c3ccccc3)cc2[N+](=O)[O-])CC1. The van der Waals surface area contributed by atoms with Gasteiger partial charge in [-0.1, -0.05) is 30.3 Å². The van der Waals surface area contributed by atoms with Crippen LogP contribution in [0.4, 0.5) is 17.1 Å². The molecule has 3 amide bonds. The Morgan fingerprint density at radius 2 is 1.52 bits per heavy atom. The summed E-state index contributed by atoms with van der Waals surface area (Å²) in [5.41, 5.74) is 0.683. The fourth-order valence-electron chi connectivity index (χ4n) is 5.05. The van der Waals surface area contributed by atoms with E-state index in [1.54, 1.807) is 54.6 Å². The molecule has 0 radical (unpaired) electrons. The van der Waals surface area contributed by atoms with E-state index in [2.05, 4.69) is 11.9 Å². The van der Waals surface area contributed by atoms with Crippen molar-refractivity contribution in [3.63, 3.8) is 0 Å². The van der Waals surface area contributed by atoms with Crippen LogP contribution in [0.5, 0.6) is 5.75 Å². The Labute approximate surface area is 257 Å². The van der Waals surface area contributed by atoms with Gasteiger partial charge in [-0.3, -0.25) is 24.5 Å². The molecule has 44 heavy (non-hydrogen) atoms. The van der Waals surface area contributed by atoms with E-state index in [1.165, 1.54) is 42.1 Å². The minimum absolute atomic E-state index is 0.110. The van der Waals surface area contributed by atoms with Gasteiger partial charge in [0.1, 0.15) is 11.3 Å². The molecule has 1 aliphatic heterocycles. The predicted molar refractivity (Wildman–Crippen MR) is 169 cm³/mol. The number of amides is 3. The van der Waals surface area contributed by atoms with Crippen molar-refractivity contribution in [1.29, 1.82) is 0 Å². The lowest BCUT2D eigenvalue weighted by Crippen LogP contribution is -2.47. The van der Waals surface area contributed by atoms with E-state index in [9.17, 15) is 24.5 Å². The second-order valence-electron chi connectivity index (χ2n) is 10.9. The molecule has 0 saturated carbocycles. The van der Waals surface area contributed by atoms with E-state index in [4.69, 9.17) is 4.74 Å². The number of hydrogen-bond acceptors (Lipinski definition) is 7. The zero-order valence-corrected chi connectivity index (χ0v) is 25.5. The van der Waals surface area contributed by atoms with Crippen molar-refractivity contribution >= 4 is 34.8 Å². The fraction of sp³-hybridized carbons (Fsp3) is 0.364. The van der Waals surface area contributed by atoms with Crippen LogP contribution >= 0.6 is 0 Å². The largest absolute Gasteiger partial charge is 0.491 e. The molecule has 1 aliphatic rings. The Kier molecular flexibility index (Phi) is 11.0. The topological polar surface area (TPSA) is 117 Å². The molecular weight excluding hydrogens is 562 g/mol. The molecule has 0 N–H and O–H groups in total. The minimum Gasteiger partial charge on any atom is -0.491 e. The van der Waals surface area contributed by atoms with Crippen molar-refractivity contribution in [1.82, 2.24) is 9.80 Å². The number of carbonyl (C=O) groups is 3. The summed E-state index contributed by atoms with van der Waals surface area (Å²) in [6.07, 6.45) is 2.87. The molecule has 11 nitrogen and oxygen atoms in total. The van der Waals surface area contributed by atoms with Gasteiger partial charge in [0.25, 0.3) is 17.5 Å². The van der Waals surface area contributed by atoms with E-state index in [0.717, 1.165) is 45.4 Å². The summed E-state index contributed by atoms with van der Waals surface area (Å²) in [4.78, 5) is 57.0. The number of likely N-dealkylation sites (N-methyl/N-ethyl adjacent to an activating group) is 1. The maximum absolute atomic E-state index is 13.5. The highest BCUT2D eigenvalue weighted by Crippen LogP contribution is 2.32.